The van der Waals surface area contributed by atoms with E-state index in [1.165, 1.54) is 6.20 Å². The minimum atomic E-state index is -4.34. The van der Waals surface area contributed by atoms with E-state index in [1.807, 2.05) is 0 Å². The Bertz CT molecular complexity index is 833. The van der Waals surface area contributed by atoms with E-state index in [4.69, 9.17) is 0 Å². The van der Waals surface area contributed by atoms with Gasteiger partial charge in [-0.1, -0.05) is 6.42 Å². The minimum absolute atomic E-state index is 0.131. The molecule has 0 unspecified atom stereocenters. The Kier molecular flexibility index (Phi) is 6.55. The van der Waals surface area contributed by atoms with Crippen LogP contribution in [0.2, 0.25) is 0 Å². The maximum atomic E-state index is 12.5. The molecule has 0 radical (unpaired) electrons. The third-order valence-electron chi connectivity index (χ3n) is 4.62. The van der Waals surface area contributed by atoms with E-state index in [-0.39, 0.29) is 17.8 Å². The van der Waals surface area contributed by atoms with E-state index in [0.717, 1.165) is 30.4 Å². The predicted molar refractivity (Wildman–Crippen MR) is 102 cm³/mol. The predicted octanol–water partition coefficient (Wildman–Crippen LogP) is 3.01. The molecule has 29 heavy (non-hydrogen) atoms. The molecule has 1 aliphatic rings. The molecule has 2 aromatic rings. The fourth-order valence-electron chi connectivity index (χ4n) is 2.87. The molecule has 1 fully saturated rings. The second kappa shape index (κ2) is 9.10. The van der Waals surface area contributed by atoms with Gasteiger partial charge in [0.25, 0.3) is 0 Å². The summed E-state index contributed by atoms with van der Waals surface area (Å²) in [5.74, 6) is 1.14. The zero-order valence-electron chi connectivity index (χ0n) is 16.1. The van der Waals surface area contributed by atoms with E-state index >= 15 is 0 Å². The van der Waals surface area contributed by atoms with Gasteiger partial charge in [0.05, 0.1) is 11.4 Å². The molecular formula is C18H24F3N7O. The van der Waals surface area contributed by atoms with Gasteiger partial charge in [0.1, 0.15) is 12.4 Å². The molecule has 0 aliphatic heterocycles. The molecule has 3 N–H and O–H groups in total. The molecule has 11 heteroatoms. The number of aromatic nitrogens is 4. The molecule has 1 aliphatic carbocycles. The normalized spacial score (nSPS) is 14.3. The summed E-state index contributed by atoms with van der Waals surface area (Å²) >= 11 is 0. The first-order valence-corrected chi connectivity index (χ1v) is 9.52. The molecule has 0 aromatic carbocycles. The number of anilines is 3. The van der Waals surface area contributed by atoms with Crippen molar-refractivity contribution in [3.63, 3.8) is 0 Å². The number of hydrogen-bond acceptors (Lipinski definition) is 6. The summed E-state index contributed by atoms with van der Waals surface area (Å²) in [4.78, 5) is 20.1. The molecule has 3 rings (SSSR count). The largest absolute Gasteiger partial charge is 0.408 e. The van der Waals surface area contributed by atoms with E-state index < -0.39 is 12.7 Å². The number of alkyl halides is 3. The number of aryl methyl sites for hydroxylation is 1. The molecule has 0 bridgehead atoms. The van der Waals surface area contributed by atoms with Gasteiger partial charge < -0.3 is 16.0 Å². The van der Waals surface area contributed by atoms with Crippen molar-refractivity contribution < 1.29 is 18.0 Å². The van der Waals surface area contributed by atoms with E-state index in [2.05, 4.69) is 31.0 Å². The molecule has 0 atom stereocenters. The Balaban J connectivity index is 1.46. The second-order valence-electron chi connectivity index (χ2n) is 7.03. The SMILES string of the molecule is Cc1nn(CC(F)(F)F)cc1Nc1nccc(NCCCNC(=O)C2CCC2)n1. The van der Waals surface area contributed by atoms with Crippen molar-refractivity contribution >= 4 is 23.4 Å². The number of hydrogen-bond donors (Lipinski definition) is 3. The van der Waals surface area contributed by atoms with Gasteiger partial charge in [-0.2, -0.15) is 23.3 Å². The number of nitrogens with zero attached hydrogens (tertiary/aromatic N) is 4. The van der Waals surface area contributed by atoms with Crippen molar-refractivity contribution in [3.05, 3.63) is 24.2 Å². The third kappa shape index (κ3) is 6.33. The Hall–Kier alpha value is -2.85. The first-order chi connectivity index (χ1) is 13.8. The quantitative estimate of drug-likeness (QED) is 0.549. The smallest absolute Gasteiger partial charge is 0.370 e. The molecular weight excluding hydrogens is 387 g/mol. The molecule has 8 nitrogen and oxygen atoms in total. The van der Waals surface area contributed by atoms with Crippen LogP contribution in [0.3, 0.4) is 0 Å². The van der Waals surface area contributed by atoms with Crippen LogP contribution in [0.15, 0.2) is 18.5 Å². The van der Waals surface area contributed by atoms with Crippen LogP contribution in [-0.4, -0.2) is 44.9 Å². The highest BCUT2D eigenvalue weighted by molar-refractivity contribution is 5.79. The van der Waals surface area contributed by atoms with Crippen LogP contribution >= 0.6 is 0 Å². The van der Waals surface area contributed by atoms with Crippen LogP contribution in [0.1, 0.15) is 31.4 Å². The van der Waals surface area contributed by atoms with Crippen LogP contribution in [0.4, 0.5) is 30.6 Å². The maximum absolute atomic E-state index is 12.5. The van der Waals surface area contributed by atoms with E-state index in [1.54, 1.807) is 19.2 Å². The molecule has 2 heterocycles. The van der Waals surface area contributed by atoms with Gasteiger partial charge in [0.2, 0.25) is 11.9 Å². The average molecular weight is 411 g/mol. The average Bonchev–Trinajstić information content (AvgIpc) is 2.90. The number of carbonyl (C=O) groups excluding carboxylic acids is 1. The van der Waals surface area contributed by atoms with Crippen molar-refractivity contribution in [3.8, 4) is 0 Å². The highest BCUT2D eigenvalue weighted by Gasteiger charge is 2.29. The topological polar surface area (TPSA) is 96.8 Å². The Labute approximate surface area is 166 Å². The van der Waals surface area contributed by atoms with Crippen molar-refractivity contribution in [1.29, 1.82) is 0 Å². The van der Waals surface area contributed by atoms with Gasteiger partial charge in [-0.3, -0.25) is 9.48 Å². The summed E-state index contributed by atoms with van der Waals surface area (Å²) in [5, 5.41) is 12.8. The second-order valence-corrected chi connectivity index (χ2v) is 7.03. The number of rotatable bonds is 9. The highest BCUT2D eigenvalue weighted by Crippen LogP contribution is 2.26. The van der Waals surface area contributed by atoms with Gasteiger partial charge in [0, 0.05) is 31.4 Å². The number of carbonyl (C=O) groups is 1. The zero-order chi connectivity index (χ0) is 20.9. The molecule has 1 amide bonds. The summed E-state index contributed by atoms with van der Waals surface area (Å²) < 4.78 is 38.3. The third-order valence-corrected chi connectivity index (χ3v) is 4.62. The summed E-state index contributed by atoms with van der Waals surface area (Å²) in [7, 11) is 0. The fourth-order valence-corrected chi connectivity index (χ4v) is 2.87. The van der Waals surface area contributed by atoms with E-state index in [0.29, 0.717) is 30.3 Å². The lowest BCUT2D eigenvalue weighted by Crippen LogP contribution is -2.35. The lowest BCUT2D eigenvalue weighted by molar-refractivity contribution is -0.142. The van der Waals surface area contributed by atoms with Gasteiger partial charge in [-0.05, 0) is 32.3 Å². The van der Waals surface area contributed by atoms with Gasteiger partial charge in [0.15, 0.2) is 0 Å². The molecule has 1 saturated carbocycles. The Morgan fingerprint density at radius 3 is 2.79 bits per heavy atom. The van der Waals surface area contributed by atoms with Crippen molar-refractivity contribution in [2.24, 2.45) is 5.92 Å². The lowest BCUT2D eigenvalue weighted by atomic mass is 9.85. The fraction of sp³-hybridized carbons (Fsp3) is 0.556. The van der Waals surface area contributed by atoms with Gasteiger partial charge >= 0.3 is 6.18 Å². The summed E-state index contributed by atoms with van der Waals surface area (Å²) in [6.45, 7) is 1.66. The van der Waals surface area contributed by atoms with Crippen LogP contribution < -0.4 is 16.0 Å². The first-order valence-electron chi connectivity index (χ1n) is 9.52. The molecule has 0 spiro atoms. The lowest BCUT2D eigenvalue weighted by Gasteiger charge is -2.24. The summed E-state index contributed by atoms with van der Waals surface area (Å²) in [6.07, 6.45) is 2.32. The zero-order valence-corrected chi connectivity index (χ0v) is 16.1. The van der Waals surface area contributed by atoms with E-state index in [9.17, 15) is 18.0 Å². The molecule has 158 valence electrons. The van der Waals surface area contributed by atoms with Crippen molar-refractivity contribution in [2.75, 3.05) is 23.7 Å². The number of nitrogens with one attached hydrogen (secondary N) is 3. The molecule has 0 saturated heterocycles. The summed E-state index contributed by atoms with van der Waals surface area (Å²) in [6, 6.07) is 1.69. The standard InChI is InChI=1S/C18H24F3N7O/c1-12-14(10-28(27-12)11-18(19,20)21)25-17-24-9-6-15(26-17)22-7-3-8-23-16(29)13-4-2-5-13/h6,9-10,13H,2-5,7-8,11H2,1H3,(H,23,29)(H2,22,24,25,26). The van der Waals surface area contributed by atoms with Crippen molar-refractivity contribution in [2.45, 2.75) is 45.3 Å². The first kappa shape index (κ1) is 20.9. The maximum Gasteiger partial charge on any atom is 0.408 e. The van der Waals surface area contributed by atoms with Crippen LogP contribution in [-0.2, 0) is 11.3 Å². The summed E-state index contributed by atoms with van der Waals surface area (Å²) in [5.41, 5.74) is 0.823. The highest BCUT2D eigenvalue weighted by atomic mass is 19.4. The van der Waals surface area contributed by atoms with Crippen LogP contribution in [0.25, 0.3) is 0 Å². The Morgan fingerprint density at radius 1 is 1.31 bits per heavy atom. The van der Waals surface area contributed by atoms with Crippen molar-refractivity contribution in [1.82, 2.24) is 25.1 Å². The van der Waals surface area contributed by atoms with Gasteiger partial charge in [-0.15, -0.1) is 0 Å². The monoisotopic (exact) mass is 411 g/mol. The van der Waals surface area contributed by atoms with Gasteiger partial charge in [-0.25, -0.2) is 4.98 Å². The van der Waals surface area contributed by atoms with Crippen LogP contribution in [0.5, 0.6) is 0 Å². The van der Waals surface area contributed by atoms with Crippen LogP contribution in [0, 0.1) is 12.8 Å². The minimum Gasteiger partial charge on any atom is -0.370 e. The Morgan fingerprint density at radius 2 is 2.10 bits per heavy atom. The molecule has 2 aromatic heterocycles. The number of halogens is 3. The number of amides is 1.